The summed E-state index contributed by atoms with van der Waals surface area (Å²) in [7, 11) is -2.71. The Morgan fingerprint density at radius 2 is 1.94 bits per heavy atom. The maximum Gasteiger partial charge on any atom is 0.389 e. The van der Waals surface area contributed by atoms with E-state index in [1.807, 2.05) is 0 Å². The van der Waals surface area contributed by atoms with Crippen molar-refractivity contribution in [3.05, 3.63) is 60.2 Å². The first kappa shape index (κ1) is 24.4. The molecule has 3 rings (SSSR count). The average Bonchev–Trinajstić information content (AvgIpc) is 2.70. The van der Waals surface area contributed by atoms with Gasteiger partial charge in [0.05, 0.1) is 17.9 Å². The molecule has 176 valence electrons. The van der Waals surface area contributed by atoms with E-state index in [9.17, 15) is 21.8 Å². The number of aromatic nitrogens is 3. The lowest BCUT2D eigenvalue weighted by molar-refractivity contribution is -0.136. The number of hydrogen-bond donors (Lipinski definition) is 2. The van der Waals surface area contributed by atoms with Gasteiger partial charge < -0.3 is 10.1 Å². The first-order valence-electron chi connectivity index (χ1n) is 9.74. The van der Waals surface area contributed by atoms with Crippen molar-refractivity contribution in [2.24, 2.45) is 0 Å². The molecule has 0 aliphatic rings. The highest BCUT2D eigenvalue weighted by atomic mass is 32.2. The van der Waals surface area contributed by atoms with Gasteiger partial charge in [-0.15, -0.1) is 0 Å². The zero-order chi connectivity index (χ0) is 24.1. The van der Waals surface area contributed by atoms with Crippen molar-refractivity contribution in [2.45, 2.75) is 24.8 Å². The number of alkyl halides is 3. The summed E-state index contributed by atoms with van der Waals surface area (Å²) in [6, 6.07) is 10.5. The molecule has 1 aromatic heterocycles. The van der Waals surface area contributed by atoms with Gasteiger partial charge in [0.25, 0.3) is 0 Å². The van der Waals surface area contributed by atoms with E-state index in [1.165, 1.54) is 24.7 Å². The summed E-state index contributed by atoms with van der Waals surface area (Å²) in [6.45, 7) is -0.254. The summed E-state index contributed by atoms with van der Waals surface area (Å²) >= 11 is 0. The largest absolute Gasteiger partial charge is 0.493 e. The van der Waals surface area contributed by atoms with E-state index >= 15 is 0 Å². The minimum absolute atomic E-state index is 0.0180. The average molecular weight is 483 g/mol. The van der Waals surface area contributed by atoms with E-state index in [-0.39, 0.29) is 36.3 Å². The van der Waals surface area contributed by atoms with Gasteiger partial charge in [0, 0.05) is 34.2 Å². The number of halogens is 4. The van der Waals surface area contributed by atoms with Crippen molar-refractivity contribution in [2.75, 3.05) is 18.2 Å². The van der Waals surface area contributed by atoms with Crippen molar-refractivity contribution in [1.29, 1.82) is 4.78 Å². The van der Waals surface area contributed by atoms with E-state index in [1.54, 1.807) is 24.3 Å². The van der Waals surface area contributed by atoms with E-state index in [4.69, 9.17) is 9.52 Å². The predicted molar refractivity (Wildman–Crippen MR) is 116 cm³/mol. The van der Waals surface area contributed by atoms with Crippen LogP contribution in [0.15, 0.2) is 48.8 Å². The number of nitrogens with one attached hydrogen (secondary N) is 2. The zero-order valence-corrected chi connectivity index (χ0v) is 18.3. The maximum absolute atomic E-state index is 13.7. The topological polar surface area (TPSA) is 101 Å². The Morgan fingerprint density at radius 1 is 1.15 bits per heavy atom. The fourth-order valence-electron chi connectivity index (χ4n) is 2.93. The first-order chi connectivity index (χ1) is 15.5. The molecule has 0 saturated carbocycles. The molecule has 0 aliphatic heterocycles. The van der Waals surface area contributed by atoms with Crippen LogP contribution >= 0.6 is 0 Å². The Morgan fingerprint density at radius 3 is 2.67 bits per heavy atom. The molecule has 0 saturated heterocycles. The van der Waals surface area contributed by atoms with Crippen LogP contribution in [0.1, 0.15) is 18.4 Å². The molecule has 1 heterocycles. The van der Waals surface area contributed by atoms with Gasteiger partial charge in [-0.25, -0.2) is 18.6 Å². The van der Waals surface area contributed by atoms with Crippen LogP contribution in [0.3, 0.4) is 0 Å². The molecule has 3 aromatic rings. The smallest absolute Gasteiger partial charge is 0.389 e. The molecule has 1 atom stereocenters. The van der Waals surface area contributed by atoms with Crippen LogP contribution in [-0.2, 0) is 15.5 Å². The SMILES string of the molecule is CS(=N)(=O)Cc1cccc(Nc2ncnc(-c3ccc(F)cc3OCCCC(F)(F)F)n2)c1. The fourth-order valence-corrected chi connectivity index (χ4v) is 3.74. The molecule has 2 aromatic carbocycles. The van der Waals surface area contributed by atoms with Gasteiger partial charge in [0.2, 0.25) is 5.95 Å². The fraction of sp³-hybridized carbons (Fsp3) is 0.286. The summed E-state index contributed by atoms with van der Waals surface area (Å²) < 4.78 is 75.5. The molecule has 12 heteroatoms. The van der Waals surface area contributed by atoms with E-state index in [0.717, 1.165) is 6.07 Å². The third kappa shape index (κ3) is 7.97. The van der Waals surface area contributed by atoms with Crippen molar-refractivity contribution in [3.63, 3.8) is 0 Å². The second kappa shape index (κ2) is 10.1. The monoisotopic (exact) mass is 483 g/mol. The molecule has 1 unspecified atom stereocenters. The van der Waals surface area contributed by atoms with Gasteiger partial charge in [0.1, 0.15) is 17.9 Å². The van der Waals surface area contributed by atoms with Gasteiger partial charge in [-0.1, -0.05) is 12.1 Å². The van der Waals surface area contributed by atoms with Crippen molar-refractivity contribution >= 4 is 21.4 Å². The molecule has 0 spiro atoms. The lowest BCUT2D eigenvalue weighted by atomic mass is 10.2. The number of nitrogens with zero attached hydrogens (tertiary/aromatic N) is 3. The number of rotatable bonds is 9. The van der Waals surface area contributed by atoms with Gasteiger partial charge in [-0.3, -0.25) is 4.78 Å². The highest BCUT2D eigenvalue weighted by Gasteiger charge is 2.26. The quantitative estimate of drug-likeness (QED) is 0.316. The van der Waals surface area contributed by atoms with E-state index in [0.29, 0.717) is 16.8 Å². The lowest BCUT2D eigenvalue weighted by Gasteiger charge is -2.12. The summed E-state index contributed by atoms with van der Waals surface area (Å²) in [4.78, 5) is 12.4. The Kier molecular flexibility index (Phi) is 7.46. The molecule has 7 nitrogen and oxygen atoms in total. The van der Waals surface area contributed by atoms with Gasteiger partial charge in [-0.2, -0.15) is 18.2 Å². The molecule has 2 N–H and O–H groups in total. The van der Waals surface area contributed by atoms with Crippen LogP contribution in [0.2, 0.25) is 0 Å². The summed E-state index contributed by atoms with van der Waals surface area (Å²) in [6.07, 6.45) is -2.99. The highest BCUT2D eigenvalue weighted by molar-refractivity contribution is 7.90. The minimum atomic E-state index is -4.30. The van der Waals surface area contributed by atoms with E-state index < -0.39 is 28.1 Å². The molecule has 0 aliphatic carbocycles. The first-order valence-corrected chi connectivity index (χ1v) is 11.9. The minimum Gasteiger partial charge on any atom is -0.493 e. The van der Waals surface area contributed by atoms with Crippen LogP contribution in [0, 0.1) is 10.6 Å². The molecule has 33 heavy (non-hydrogen) atoms. The van der Waals surface area contributed by atoms with Gasteiger partial charge in [0.15, 0.2) is 5.82 Å². The Balaban J connectivity index is 1.79. The maximum atomic E-state index is 13.7. The molecule has 0 bridgehead atoms. The Hall–Kier alpha value is -3.28. The molecular formula is C21H21F4N5O2S. The standard InChI is InChI=1S/C21H21F4N5O2S/c1-33(26,31)12-14-4-2-5-16(10-14)29-20-28-13-27-19(30-20)17-7-6-15(22)11-18(17)32-9-3-8-21(23,24)25/h2,4-7,10-11,13,26H,3,8-9,12H2,1H3,(H,27,28,29,30). The van der Waals surface area contributed by atoms with E-state index in [2.05, 4.69) is 20.3 Å². The zero-order valence-electron chi connectivity index (χ0n) is 17.5. The van der Waals surface area contributed by atoms with Gasteiger partial charge >= 0.3 is 6.18 Å². The number of benzene rings is 2. The summed E-state index contributed by atoms with van der Waals surface area (Å²) in [5.41, 5.74) is 1.59. The summed E-state index contributed by atoms with van der Waals surface area (Å²) in [5.74, 6) is -0.208. The van der Waals surface area contributed by atoms with Crippen LogP contribution < -0.4 is 10.1 Å². The van der Waals surface area contributed by atoms with Crippen LogP contribution in [-0.4, -0.2) is 38.2 Å². The number of hydrogen-bond acceptors (Lipinski definition) is 7. The number of ether oxygens (including phenoxy) is 1. The lowest BCUT2D eigenvalue weighted by Crippen LogP contribution is -2.10. The van der Waals surface area contributed by atoms with Crippen molar-refractivity contribution in [1.82, 2.24) is 15.0 Å². The van der Waals surface area contributed by atoms with Crippen molar-refractivity contribution in [3.8, 4) is 17.1 Å². The molecular weight excluding hydrogens is 462 g/mol. The molecule has 0 fully saturated rings. The Bertz CT molecular complexity index is 1220. The molecule has 0 radical (unpaired) electrons. The summed E-state index contributed by atoms with van der Waals surface area (Å²) in [5, 5.41) is 2.98. The second-order valence-electron chi connectivity index (χ2n) is 7.32. The Labute approximate surface area is 188 Å². The van der Waals surface area contributed by atoms with Crippen LogP contribution in [0.5, 0.6) is 5.75 Å². The second-order valence-corrected chi connectivity index (χ2v) is 9.61. The normalized spacial score (nSPS) is 13.4. The number of anilines is 2. The van der Waals surface area contributed by atoms with Gasteiger partial charge in [-0.05, 0) is 36.2 Å². The van der Waals surface area contributed by atoms with Crippen molar-refractivity contribution < 1.29 is 26.5 Å². The third-order valence-corrected chi connectivity index (χ3v) is 5.13. The predicted octanol–water partition coefficient (Wildman–Crippen LogP) is 5.32. The van der Waals surface area contributed by atoms with Crippen LogP contribution in [0.4, 0.5) is 29.2 Å². The third-order valence-electron chi connectivity index (χ3n) is 4.24. The molecule has 0 amide bonds. The highest BCUT2D eigenvalue weighted by Crippen LogP contribution is 2.30. The van der Waals surface area contributed by atoms with Crippen LogP contribution in [0.25, 0.3) is 11.4 Å².